The Hall–Kier alpha value is -1.92. The number of carbonyl (C=O) groups is 2. The Morgan fingerprint density at radius 1 is 1.36 bits per heavy atom. The zero-order valence-corrected chi connectivity index (χ0v) is 14.0. The first-order chi connectivity index (χ1) is 12.1. The molecule has 6 nitrogen and oxygen atoms in total. The fourth-order valence-electron chi connectivity index (χ4n) is 5.74. The second kappa shape index (κ2) is 5.29. The second-order valence-corrected chi connectivity index (χ2v) is 7.71. The molecule has 1 aromatic carbocycles. The minimum absolute atomic E-state index is 0.00966. The highest BCUT2D eigenvalue weighted by molar-refractivity contribution is 5.91. The zero-order chi connectivity index (χ0) is 17.3. The summed E-state index contributed by atoms with van der Waals surface area (Å²) in [6.07, 6.45) is 0.263. The van der Waals surface area contributed by atoms with E-state index in [1.165, 1.54) is 0 Å². The Morgan fingerprint density at radius 3 is 2.84 bits per heavy atom. The van der Waals surface area contributed by atoms with E-state index in [9.17, 15) is 14.7 Å². The average Bonchev–Trinajstić information content (AvgIpc) is 3.31. The normalized spacial score (nSPS) is 41.4. The highest BCUT2D eigenvalue weighted by Crippen LogP contribution is 2.63. The molecule has 2 N–H and O–H groups in total. The van der Waals surface area contributed by atoms with Gasteiger partial charge in [0.15, 0.2) is 0 Å². The SMILES string of the molecule is CNC(=O)C(Cc1ccccc1)N1C(=O)C2C3CC4C(OC1C42)C3O. The average molecular weight is 342 g/mol. The van der Waals surface area contributed by atoms with Gasteiger partial charge >= 0.3 is 0 Å². The van der Waals surface area contributed by atoms with Gasteiger partial charge in [0.2, 0.25) is 11.8 Å². The summed E-state index contributed by atoms with van der Waals surface area (Å²) in [5.74, 6) is -0.00114. The van der Waals surface area contributed by atoms with Gasteiger partial charge in [-0.3, -0.25) is 9.59 Å². The number of aliphatic hydroxyl groups is 1. The van der Waals surface area contributed by atoms with E-state index in [-0.39, 0.29) is 47.8 Å². The van der Waals surface area contributed by atoms with Gasteiger partial charge in [-0.15, -0.1) is 0 Å². The van der Waals surface area contributed by atoms with E-state index < -0.39 is 12.1 Å². The van der Waals surface area contributed by atoms with Gasteiger partial charge in [0, 0.05) is 19.4 Å². The summed E-state index contributed by atoms with van der Waals surface area (Å²) < 4.78 is 6.11. The molecule has 5 rings (SSSR count). The van der Waals surface area contributed by atoms with Crippen LogP contribution < -0.4 is 5.32 Å². The maximum Gasteiger partial charge on any atom is 0.242 e. The number of likely N-dealkylation sites (tertiary alicyclic amines) is 1. The summed E-state index contributed by atoms with van der Waals surface area (Å²) >= 11 is 0. The van der Waals surface area contributed by atoms with Crippen molar-refractivity contribution in [2.24, 2.45) is 23.7 Å². The monoisotopic (exact) mass is 342 g/mol. The lowest BCUT2D eigenvalue weighted by Gasteiger charge is -2.34. The minimum Gasteiger partial charge on any atom is -0.390 e. The van der Waals surface area contributed by atoms with Gasteiger partial charge in [-0.25, -0.2) is 0 Å². The third-order valence-electron chi connectivity index (χ3n) is 6.71. The van der Waals surface area contributed by atoms with Crippen molar-refractivity contribution in [3.63, 3.8) is 0 Å². The molecule has 2 aliphatic carbocycles. The first-order valence-electron chi connectivity index (χ1n) is 9.03. The molecule has 2 bridgehead atoms. The lowest BCUT2D eigenvalue weighted by molar-refractivity contribution is -0.160. The number of fused-ring (bicyclic) bond motifs is 2. The summed E-state index contributed by atoms with van der Waals surface area (Å²) in [6, 6.07) is 9.16. The maximum atomic E-state index is 13.2. The molecule has 6 heteroatoms. The molecule has 8 unspecified atom stereocenters. The molecule has 4 fully saturated rings. The Kier molecular flexibility index (Phi) is 3.24. The van der Waals surface area contributed by atoms with Crippen molar-refractivity contribution in [3.8, 4) is 0 Å². The second-order valence-electron chi connectivity index (χ2n) is 7.71. The number of nitrogens with one attached hydrogen (secondary N) is 1. The third kappa shape index (κ3) is 1.92. The van der Waals surface area contributed by atoms with Crippen LogP contribution in [0.3, 0.4) is 0 Å². The molecule has 2 saturated carbocycles. The highest BCUT2D eigenvalue weighted by Gasteiger charge is 2.73. The lowest BCUT2D eigenvalue weighted by atomic mass is 9.80. The number of aliphatic hydroxyl groups excluding tert-OH is 1. The predicted molar refractivity (Wildman–Crippen MR) is 88.1 cm³/mol. The standard InChI is InChI=1S/C19H22N2O4/c1-20-17(23)12(7-9-5-3-2-4-6-9)21-18(24)13-10-8-11-14(13)19(21)25-16(11)15(10)22/h2-6,10-16,19,22H,7-8H2,1H3,(H,20,23). The van der Waals surface area contributed by atoms with E-state index >= 15 is 0 Å². The summed E-state index contributed by atoms with van der Waals surface area (Å²) in [7, 11) is 1.60. The number of nitrogens with zero attached hydrogens (tertiary/aromatic N) is 1. The summed E-state index contributed by atoms with van der Waals surface area (Å²) in [6.45, 7) is 0. The molecule has 0 spiro atoms. The highest BCUT2D eigenvalue weighted by atomic mass is 16.5. The smallest absolute Gasteiger partial charge is 0.242 e. The van der Waals surface area contributed by atoms with Gasteiger partial charge in [0.1, 0.15) is 12.3 Å². The van der Waals surface area contributed by atoms with E-state index in [1.54, 1.807) is 11.9 Å². The maximum absolute atomic E-state index is 13.2. The molecule has 2 aliphatic heterocycles. The number of hydrogen-bond acceptors (Lipinski definition) is 4. The molecule has 25 heavy (non-hydrogen) atoms. The van der Waals surface area contributed by atoms with Crippen molar-refractivity contribution < 1.29 is 19.4 Å². The molecule has 2 saturated heterocycles. The largest absolute Gasteiger partial charge is 0.390 e. The summed E-state index contributed by atoms with van der Waals surface area (Å²) in [5.41, 5.74) is 1.01. The molecule has 0 aromatic heterocycles. The number of rotatable bonds is 4. The van der Waals surface area contributed by atoms with Crippen LogP contribution >= 0.6 is 0 Å². The zero-order valence-electron chi connectivity index (χ0n) is 14.0. The topological polar surface area (TPSA) is 78.9 Å². The van der Waals surface area contributed by atoms with Gasteiger partial charge in [0.25, 0.3) is 0 Å². The van der Waals surface area contributed by atoms with Crippen molar-refractivity contribution >= 4 is 11.8 Å². The van der Waals surface area contributed by atoms with Gasteiger partial charge < -0.3 is 20.1 Å². The van der Waals surface area contributed by atoms with Crippen LogP contribution in [0.5, 0.6) is 0 Å². The van der Waals surface area contributed by atoms with E-state index in [4.69, 9.17) is 4.74 Å². The first kappa shape index (κ1) is 15.3. The van der Waals surface area contributed by atoms with Crippen LogP contribution in [0.2, 0.25) is 0 Å². The number of carbonyl (C=O) groups excluding carboxylic acids is 2. The number of benzene rings is 1. The Balaban J connectivity index is 1.49. The van der Waals surface area contributed by atoms with Crippen LogP contribution in [-0.4, -0.2) is 53.3 Å². The van der Waals surface area contributed by atoms with Crippen molar-refractivity contribution in [2.75, 3.05) is 7.05 Å². The minimum atomic E-state index is -0.578. The lowest BCUT2D eigenvalue weighted by Crippen LogP contribution is -2.54. The van der Waals surface area contributed by atoms with Gasteiger partial charge in [-0.2, -0.15) is 0 Å². The van der Waals surface area contributed by atoms with Crippen molar-refractivity contribution in [3.05, 3.63) is 35.9 Å². The van der Waals surface area contributed by atoms with E-state index in [0.717, 1.165) is 12.0 Å². The molecule has 8 atom stereocenters. The molecular weight excluding hydrogens is 320 g/mol. The number of hydrogen-bond donors (Lipinski definition) is 2. The van der Waals surface area contributed by atoms with E-state index in [1.807, 2.05) is 30.3 Å². The summed E-state index contributed by atoms with van der Waals surface area (Å²) in [4.78, 5) is 27.4. The molecule has 2 heterocycles. The summed E-state index contributed by atoms with van der Waals surface area (Å²) in [5, 5.41) is 13.1. The van der Waals surface area contributed by atoms with Crippen LogP contribution in [0.4, 0.5) is 0 Å². The first-order valence-corrected chi connectivity index (χ1v) is 9.03. The van der Waals surface area contributed by atoms with Crippen LogP contribution in [0, 0.1) is 23.7 Å². The molecule has 2 amide bonds. The molecule has 0 radical (unpaired) electrons. The Bertz CT molecular complexity index is 723. The van der Waals surface area contributed by atoms with E-state index in [0.29, 0.717) is 6.42 Å². The van der Waals surface area contributed by atoms with Crippen molar-refractivity contribution in [1.29, 1.82) is 0 Å². The van der Waals surface area contributed by atoms with Crippen molar-refractivity contribution in [2.45, 2.75) is 37.3 Å². The fourth-order valence-corrected chi connectivity index (χ4v) is 5.74. The van der Waals surface area contributed by atoms with Crippen LogP contribution in [0.15, 0.2) is 30.3 Å². The number of likely N-dealkylation sites (N-methyl/N-ethyl adjacent to an activating group) is 1. The molecule has 132 valence electrons. The molecule has 4 aliphatic rings. The molecular formula is C19H22N2O4. The number of amides is 2. The van der Waals surface area contributed by atoms with Gasteiger partial charge in [0.05, 0.1) is 18.1 Å². The van der Waals surface area contributed by atoms with Gasteiger partial charge in [-0.05, 0) is 23.8 Å². The number of ether oxygens (including phenoxy) is 1. The van der Waals surface area contributed by atoms with Crippen molar-refractivity contribution in [1.82, 2.24) is 10.2 Å². The van der Waals surface area contributed by atoms with Crippen LogP contribution in [0.1, 0.15) is 12.0 Å². The Morgan fingerprint density at radius 2 is 2.12 bits per heavy atom. The Labute approximate surface area is 146 Å². The quantitative estimate of drug-likeness (QED) is 0.817. The molecule has 1 aromatic rings. The fraction of sp³-hybridized carbons (Fsp3) is 0.579. The third-order valence-corrected chi connectivity index (χ3v) is 6.71. The predicted octanol–water partition coefficient (Wildman–Crippen LogP) is 0.154. The van der Waals surface area contributed by atoms with Crippen LogP contribution in [-0.2, 0) is 20.7 Å². The van der Waals surface area contributed by atoms with Gasteiger partial charge in [-0.1, -0.05) is 30.3 Å². The van der Waals surface area contributed by atoms with Crippen LogP contribution in [0.25, 0.3) is 0 Å². The van der Waals surface area contributed by atoms with E-state index in [2.05, 4.69) is 5.32 Å².